The van der Waals surface area contributed by atoms with Crippen LogP contribution in [0.25, 0.3) is 11.3 Å². The lowest BCUT2D eigenvalue weighted by Gasteiger charge is -2.39. The fraction of sp³-hybridized carbons (Fsp3) is 0.412. The Labute approximate surface area is 140 Å². The number of carboxylic acids is 1. The van der Waals surface area contributed by atoms with E-state index in [1.54, 1.807) is 12.1 Å². The van der Waals surface area contributed by atoms with E-state index in [4.69, 9.17) is 4.52 Å². The zero-order chi connectivity index (χ0) is 17.3. The molecule has 1 aliphatic rings. The highest BCUT2D eigenvalue weighted by Gasteiger charge is 2.34. The third-order valence-electron chi connectivity index (χ3n) is 4.43. The van der Waals surface area contributed by atoms with Gasteiger partial charge in [-0.1, -0.05) is 35.5 Å². The van der Waals surface area contributed by atoms with Gasteiger partial charge in [0.1, 0.15) is 0 Å². The second-order valence-corrected chi connectivity index (χ2v) is 6.21. The molecular weight excluding hydrogens is 310 g/mol. The maximum absolute atomic E-state index is 11.8. The van der Waals surface area contributed by atoms with E-state index >= 15 is 0 Å². The molecule has 1 saturated heterocycles. The molecule has 0 aliphatic carbocycles. The summed E-state index contributed by atoms with van der Waals surface area (Å²) >= 11 is 0. The van der Waals surface area contributed by atoms with Gasteiger partial charge in [0.2, 0.25) is 0 Å². The molecule has 24 heavy (non-hydrogen) atoms. The van der Waals surface area contributed by atoms with Crippen molar-refractivity contribution in [3.8, 4) is 11.3 Å². The summed E-state index contributed by atoms with van der Waals surface area (Å²) in [5, 5.41) is 23.8. The Morgan fingerprint density at radius 2 is 2.04 bits per heavy atom. The van der Waals surface area contributed by atoms with Gasteiger partial charge in [0.25, 0.3) is 0 Å². The number of aliphatic hydroxyl groups excluding tert-OH is 1. The number of benzene rings is 1. The van der Waals surface area contributed by atoms with E-state index in [-0.39, 0.29) is 17.4 Å². The summed E-state index contributed by atoms with van der Waals surface area (Å²) in [6, 6.07) is 9.00. The van der Waals surface area contributed by atoms with E-state index in [9.17, 15) is 15.0 Å². The van der Waals surface area contributed by atoms with Gasteiger partial charge < -0.3 is 24.5 Å². The molecule has 2 N–H and O–H groups in total. The highest BCUT2D eigenvalue weighted by molar-refractivity contribution is 5.99. The van der Waals surface area contributed by atoms with Crippen molar-refractivity contribution in [2.45, 2.75) is 18.6 Å². The molecule has 0 unspecified atom stereocenters. The van der Waals surface area contributed by atoms with Crippen molar-refractivity contribution in [2.24, 2.45) is 0 Å². The van der Waals surface area contributed by atoms with E-state index in [1.807, 2.05) is 42.1 Å². The minimum absolute atomic E-state index is 0.0649. The normalized spacial score (nSPS) is 21.2. The second kappa shape index (κ2) is 6.62. The fourth-order valence-electron chi connectivity index (χ4n) is 3.10. The van der Waals surface area contributed by atoms with Crippen LogP contribution in [0.1, 0.15) is 16.8 Å². The Balaban J connectivity index is 1.97. The monoisotopic (exact) mass is 331 g/mol. The van der Waals surface area contributed by atoms with Crippen LogP contribution in [0.5, 0.6) is 0 Å². The molecule has 0 amide bonds. The molecule has 2 aromatic rings. The first kappa shape index (κ1) is 16.5. The van der Waals surface area contributed by atoms with Gasteiger partial charge in [0, 0.05) is 18.7 Å². The SMILES string of the molecule is CN(C)[C@@H]1CN(c2noc(-c3ccccc3)c2C(=O)O)CC[C@@H]1O. The largest absolute Gasteiger partial charge is 0.477 e. The highest BCUT2D eigenvalue weighted by atomic mass is 16.5. The van der Waals surface area contributed by atoms with Gasteiger partial charge in [0.05, 0.1) is 12.1 Å². The smallest absolute Gasteiger partial charge is 0.343 e. The predicted octanol–water partition coefficient (Wildman–Crippen LogP) is 1.54. The van der Waals surface area contributed by atoms with Crippen LogP contribution in [-0.4, -0.2) is 65.6 Å². The molecule has 3 rings (SSSR count). The molecule has 2 heterocycles. The first-order valence-corrected chi connectivity index (χ1v) is 7.87. The molecule has 1 aliphatic heterocycles. The number of hydrogen-bond acceptors (Lipinski definition) is 6. The second-order valence-electron chi connectivity index (χ2n) is 6.21. The van der Waals surface area contributed by atoms with E-state index in [1.165, 1.54) is 0 Å². The Morgan fingerprint density at radius 3 is 2.67 bits per heavy atom. The standard InChI is InChI=1S/C17H21N3O4/c1-19(2)12-10-20(9-8-13(12)21)16-14(17(22)23)15(24-18-16)11-6-4-3-5-7-11/h3-7,12-13,21H,8-10H2,1-2H3,(H,22,23)/t12-,13+/m1/s1. The summed E-state index contributed by atoms with van der Waals surface area (Å²) in [6.07, 6.45) is 0.111. The van der Waals surface area contributed by atoms with Crippen LogP contribution in [0, 0.1) is 0 Å². The van der Waals surface area contributed by atoms with Crippen molar-refractivity contribution >= 4 is 11.8 Å². The molecule has 2 atom stereocenters. The molecule has 128 valence electrons. The van der Waals surface area contributed by atoms with Gasteiger partial charge in [-0.25, -0.2) is 4.79 Å². The van der Waals surface area contributed by atoms with Gasteiger partial charge in [0.15, 0.2) is 17.1 Å². The van der Waals surface area contributed by atoms with Gasteiger partial charge in [-0.05, 0) is 20.5 Å². The van der Waals surface area contributed by atoms with Crippen LogP contribution < -0.4 is 4.90 Å². The lowest BCUT2D eigenvalue weighted by atomic mass is 10.0. The molecule has 0 saturated carbocycles. The third kappa shape index (κ3) is 3.00. The van der Waals surface area contributed by atoms with Crippen LogP contribution in [0.3, 0.4) is 0 Å². The first-order chi connectivity index (χ1) is 11.5. The number of aliphatic hydroxyl groups is 1. The highest BCUT2D eigenvalue weighted by Crippen LogP contribution is 2.33. The quantitative estimate of drug-likeness (QED) is 0.878. The first-order valence-electron chi connectivity index (χ1n) is 7.87. The molecule has 7 nitrogen and oxygen atoms in total. The van der Waals surface area contributed by atoms with Crippen molar-refractivity contribution in [2.75, 3.05) is 32.1 Å². The molecule has 7 heteroatoms. The van der Waals surface area contributed by atoms with Crippen molar-refractivity contribution in [1.82, 2.24) is 10.1 Å². The van der Waals surface area contributed by atoms with Gasteiger partial charge in [-0.3, -0.25) is 0 Å². The number of carbonyl (C=O) groups is 1. The lowest BCUT2D eigenvalue weighted by molar-refractivity contribution is 0.0598. The van der Waals surface area contributed by atoms with Crippen molar-refractivity contribution < 1.29 is 19.5 Å². The Bertz CT molecular complexity index is 714. The summed E-state index contributed by atoms with van der Waals surface area (Å²) in [6.45, 7) is 1.03. The molecule has 0 spiro atoms. The number of anilines is 1. The lowest BCUT2D eigenvalue weighted by Crippen LogP contribution is -2.53. The number of likely N-dealkylation sites (N-methyl/N-ethyl adjacent to an activating group) is 1. The summed E-state index contributed by atoms with van der Waals surface area (Å²) in [4.78, 5) is 15.6. The van der Waals surface area contributed by atoms with E-state index in [2.05, 4.69) is 5.16 Å². The Morgan fingerprint density at radius 1 is 1.33 bits per heavy atom. The number of rotatable bonds is 4. The van der Waals surface area contributed by atoms with E-state index < -0.39 is 12.1 Å². The van der Waals surface area contributed by atoms with Crippen molar-refractivity contribution in [3.63, 3.8) is 0 Å². The Hall–Kier alpha value is -2.38. The Kier molecular flexibility index (Phi) is 4.55. The molecule has 1 aromatic carbocycles. The minimum atomic E-state index is -1.07. The van der Waals surface area contributed by atoms with Crippen LogP contribution in [0.2, 0.25) is 0 Å². The summed E-state index contributed by atoms with van der Waals surface area (Å²) < 4.78 is 5.37. The summed E-state index contributed by atoms with van der Waals surface area (Å²) in [5.41, 5.74) is 0.741. The summed E-state index contributed by atoms with van der Waals surface area (Å²) in [7, 11) is 3.79. The molecule has 0 bridgehead atoms. The average Bonchev–Trinajstić information content (AvgIpc) is 3.01. The zero-order valence-corrected chi connectivity index (χ0v) is 13.7. The number of aromatic carboxylic acids is 1. The maximum atomic E-state index is 11.8. The summed E-state index contributed by atoms with van der Waals surface area (Å²) in [5.74, 6) is -0.497. The fourth-order valence-corrected chi connectivity index (χ4v) is 3.10. The number of nitrogens with zero attached hydrogens (tertiary/aromatic N) is 3. The zero-order valence-electron chi connectivity index (χ0n) is 13.7. The molecule has 1 aromatic heterocycles. The van der Waals surface area contributed by atoms with Crippen molar-refractivity contribution in [3.05, 3.63) is 35.9 Å². The minimum Gasteiger partial charge on any atom is -0.477 e. The van der Waals surface area contributed by atoms with Crippen molar-refractivity contribution in [1.29, 1.82) is 0 Å². The molecule has 1 fully saturated rings. The van der Waals surface area contributed by atoms with Gasteiger partial charge in [-0.2, -0.15) is 0 Å². The topological polar surface area (TPSA) is 90.0 Å². The van der Waals surface area contributed by atoms with E-state index in [0.717, 1.165) is 0 Å². The van der Waals surface area contributed by atoms with Gasteiger partial charge in [-0.15, -0.1) is 0 Å². The third-order valence-corrected chi connectivity index (χ3v) is 4.43. The van der Waals surface area contributed by atoms with Crippen LogP contribution in [-0.2, 0) is 0 Å². The van der Waals surface area contributed by atoms with Crippen LogP contribution in [0.15, 0.2) is 34.9 Å². The van der Waals surface area contributed by atoms with E-state index in [0.29, 0.717) is 30.9 Å². The van der Waals surface area contributed by atoms with Gasteiger partial charge >= 0.3 is 5.97 Å². The number of aromatic nitrogens is 1. The maximum Gasteiger partial charge on any atom is 0.343 e. The predicted molar refractivity (Wildman–Crippen MR) is 89.2 cm³/mol. The van der Waals surface area contributed by atoms with Crippen LogP contribution in [0.4, 0.5) is 5.82 Å². The number of piperidine rings is 1. The number of hydrogen-bond donors (Lipinski definition) is 2. The average molecular weight is 331 g/mol. The number of carboxylic acid groups (broad SMARTS) is 1. The molecular formula is C17H21N3O4. The molecule has 0 radical (unpaired) electrons. The van der Waals surface area contributed by atoms with Crippen LogP contribution >= 0.6 is 0 Å².